The predicted octanol–water partition coefficient (Wildman–Crippen LogP) is 9.28. The van der Waals surface area contributed by atoms with Crippen LogP contribution in [-0.2, 0) is 35.1 Å². The number of carbonyl (C=O) groups excluding carboxylic acids is 4. The molecule has 2 aromatic carbocycles. The molecule has 0 aliphatic rings. The fourth-order valence-electron chi connectivity index (χ4n) is 5.81. The summed E-state index contributed by atoms with van der Waals surface area (Å²) in [4.78, 5) is 56.8. The summed E-state index contributed by atoms with van der Waals surface area (Å²) in [6.07, 6.45) is 5.98. The van der Waals surface area contributed by atoms with Crippen molar-refractivity contribution in [3.8, 4) is 23.0 Å². The van der Waals surface area contributed by atoms with Gasteiger partial charge in [-0.2, -0.15) is 9.49 Å². The molecule has 3 N–H and O–H groups in total. The number of fused-ring (bicyclic) bond motifs is 1. The van der Waals surface area contributed by atoms with Crippen molar-refractivity contribution in [2.45, 2.75) is 118 Å². The summed E-state index contributed by atoms with van der Waals surface area (Å²) in [5.41, 5.74) is 0.0579. The summed E-state index contributed by atoms with van der Waals surface area (Å²) in [5, 5.41) is 13.7. The van der Waals surface area contributed by atoms with Gasteiger partial charge in [0.25, 0.3) is 6.47 Å². The quantitative estimate of drug-likeness (QED) is 0.0218. The van der Waals surface area contributed by atoms with Crippen LogP contribution >= 0.6 is 0 Å². The van der Waals surface area contributed by atoms with Crippen LogP contribution < -0.4 is 25.4 Å². The Morgan fingerprint density at radius 1 is 0.884 bits per heavy atom. The first-order valence-corrected chi connectivity index (χ1v) is 22.5. The van der Waals surface area contributed by atoms with E-state index >= 15 is 0 Å². The number of nitrogens with one attached hydrogen (secondary N) is 3. The van der Waals surface area contributed by atoms with Crippen LogP contribution in [0.5, 0.6) is 11.5 Å². The minimum atomic E-state index is -0.829. The Hall–Kier alpha value is -6.83. The number of pyridine rings is 1. The number of esters is 1. The lowest BCUT2D eigenvalue weighted by Gasteiger charge is -2.21. The Bertz CT molecular complexity index is 2350. The Labute approximate surface area is 402 Å². The molecule has 1 atom stereocenters. The molecule has 3 heterocycles. The van der Waals surface area contributed by atoms with Gasteiger partial charge in [-0.15, -0.1) is 0 Å². The van der Waals surface area contributed by atoms with Gasteiger partial charge < -0.3 is 44.4 Å². The molecule has 0 fully saturated rings. The van der Waals surface area contributed by atoms with Crippen LogP contribution in [0.2, 0.25) is 0 Å². The maximum absolute atomic E-state index is 14.9. The molecule has 5 aromatic rings. The molecule has 5 rings (SSSR count). The predicted molar refractivity (Wildman–Crippen MR) is 257 cm³/mol. The number of unbranched alkanes of at least 4 members (excludes halogenated alkanes) is 2. The number of benzene rings is 2. The number of rotatable bonds is 20. The van der Waals surface area contributed by atoms with Gasteiger partial charge in [-0.1, -0.05) is 51.8 Å². The maximum atomic E-state index is 14.9. The minimum absolute atomic E-state index is 0.0417. The lowest BCUT2D eigenvalue weighted by atomic mass is 10.1. The SMILES string of the molecule is CC.CC(C)(C)OC(=O)CCCCC[C@@H](C=O)NC(=O)OC(C)(C)C.CCNC.COc1cnc(-c2nn(Cc3c(F)cc(OCCOC=O)cc3F)c3ccccc23)nc1Nc1ccnc(F)c1. The van der Waals surface area contributed by atoms with Crippen LogP contribution in [0.4, 0.5) is 29.5 Å². The molecule has 17 nitrogen and oxygen atoms in total. The molecule has 0 unspecified atom stereocenters. The zero-order chi connectivity index (χ0) is 51.6. The van der Waals surface area contributed by atoms with Crippen molar-refractivity contribution in [2.24, 2.45) is 0 Å². The summed E-state index contributed by atoms with van der Waals surface area (Å²) < 4.78 is 70.4. The van der Waals surface area contributed by atoms with Crippen LogP contribution in [0.25, 0.3) is 22.4 Å². The summed E-state index contributed by atoms with van der Waals surface area (Å²) in [6.45, 7) is 17.8. The van der Waals surface area contributed by atoms with Gasteiger partial charge >= 0.3 is 12.1 Å². The second-order valence-electron chi connectivity index (χ2n) is 16.6. The van der Waals surface area contributed by atoms with E-state index in [0.29, 0.717) is 53.6 Å². The van der Waals surface area contributed by atoms with Crippen LogP contribution in [0.15, 0.2) is 60.9 Å². The highest BCUT2D eigenvalue weighted by molar-refractivity contribution is 5.92. The average molecular weight is 969 g/mol. The molecule has 0 saturated carbocycles. The van der Waals surface area contributed by atoms with Gasteiger partial charge in [0.1, 0.15) is 53.8 Å². The van der Waals surface area contributed by atoms with Gasteiger partial charge in [-0.3, -0.25) is 14.3 Å². The number of alkyl carbamates (subject to hydrolysis) is 1. The monoisotopic (exact) mass is 968 g/mol. The molecule has 0 radical (unpaired) electrons. The third kappa shape index (κ3) is 21.3. The Kier molecular flexibility index (Phi) is 25.2. The molecule has 0 aliphatic carbocycles. The van der Waals surface area contributed by atoms with Crippen molar-refractivity contribution in [1.29, 1.82) is 0 Å². The lowest BCUT2D eigenvalue weighted by Crippen LogP contribution is -2.39. The number of carbonyl (C=O) groups is 4. The summed E-state index contributed by atoms with van der Waals surface area (Å²) >= 11 is 0. The number of halogens is 3. The zero-order valence-corrected chi connectivity index (χ0v) is 41.4. The van der Waals surface area contributed by atoms with E-state index in [1.807, 2.05) is 41.7 Å². The number of aldehydes is 1. The standard InChI is InChI=1S/C27H21F3N6O4.C17H31NO5.C3H9N.C2H6/c1-38-23-13-32-27(34-26(23)33-16-6-7-31-24(30)10-16)25-18-4-2-3-5-22(18)36(35-25)14-19-20(28)11-17(12-21(19)29)40-9-8-39-15-37;1-16(2,3)22-14(20)11-9-7-8-10-13(12-19)18-15(21)23-17(4,5)6;1-3-4-2;1-2/h2-7,10-13,15H,8-9,14H2,1H3,(H,31,32,33,34);12-13H,7-11H2,1-6H3,(H,18,21);4H,3H2,1-2H3;1-2H3/t;13-;;/m.0../s1. The average Bonchev–Trinajstić information content (AvgIpc) is 3.66. The number of aromatic nitrogens is 5. The first-order valence-electron chi connectivity index (χ1n) is 22.5. The maximum Gasteiger partial charge on any atom is 0.408 e. The van der Waals surface area contributed by atoms with Gasteiger partial charge in [0, 0.05) is 47.5 Å². The van der Waals surface area contributed by atoms with E-state index in [1.54, 1.807) is 51.1 Å². The second kappa shape index (κ2) is 29.8. The summed E-state index contributed by atoms with van der Waals surface area (Å²) in [6, 6.07) is 11.4. The Morgan fingerprint density at radius 2 is 1.55 bits per heavy atom. The minimum Gasteiger partial charge on any atom is -0.491 e. The van der Waals surface area contributed by atoms with E-state index in [0.717, 1.165) is 31.5 Å². The van der Waals surface area contributed by atoms with E-state index in [1.165, 1.54) is 30.3 Å². The fourth-order valence-corrected chi connectivity index (χ4v) is 5.81. The van der Waals surface area contributed by atoms with E-state index < -0.39 is 40.9 Å². The van der Waals surface area contributed by atoms with Crippen molar-refractivity contribution in [2.75, 3.05) is 39.2 Å². The van der Waals surface area contributed by atoms with Crippen molar-refractivity contribution < 1.29 is 56.0 Å². The molecule has 0 bridgehead atoms. The first kappa shape index (κ1) is 58.3. The Morgan fingerprint density at radius 3 is 2.14 bits per heavy atom. The zero-order valence-electron chi connectivity index (χ0n) is 41.4. The molecule has 0 spiro atoms. The highest BCUT2D eigenvalue weighted by atomic mass is 19.1. The molecule has 378 valence electrons. The van der Waals surface area contributed by atoms with Gasteiger partial charge in [0.15, 0.2) is 17.4 Å². The first-order chi connectivity index (χ1) is 32.8. The number of hydrogen-bond donors (Lipinski definition) is 3. The highest BCUT2D eigenvalue weighted by Crippen LogP contribution is 2.32. The topological polar surface area (TPSA) is 207 Å². The van der Waals surface area contributed by atoms with E-state index in [-0.39, 0.29) is 55.2 Å². The second-order valence-corrected chi connectivity index (χ2v) is 16.6. The molecule has 20 heteroatoms. The number of hydrogen-bond acceptors (Lipinski definition) is 15. The van der Waals surface area contributed by atoms with Crippen LogP contribution in [0, 0.1) is 17.6 Å². The van der Waals surface area contributed by atoms with Gasteiger partial charge in [0.2, 0.25) is 5.95 Å². The smallest absolute Gasteiger partial charge is 0.408 e. The van der Waals surface area contributed by atoms with Crippen molar-refractivity contribution >= 4 is 47.2 Å². The third-order valence-corrected chi connectivity index (χ3v) is 8.83. The van der Waals surface area contributed by atoms with Gasteiger partial charge in [0.05, 0.1) is 31.4 Å². The largest absolute Gasteiger partial charge is 0.491 e. The summed E-state index contributed by atoms with van der Waals surface area (Å²) in [5.74, 6) is -1.83. The van der Waals surface area contributed by atoms with Crippen molar-refractivity contribution in [3.05, 3.63) is 84.1 Å². The molecule has 3 aromatic heterocycles. The lowest BCUT2D eigenvalue weighted by molar-refractivity contribution is -0.155. The number of amides is 1. The summed E-state index contributed by atoms with van der Waals surface area (Å²) in [7, 11) is 3.37. The fraction of sp³-hybridized carbons (Fsp3) is 0.469. The van der Waals surface area contributed by atoms with E-state index in [9.17, 15) is 32.3 Å². The van der Waals surface area contributed by atoms with E-state index in [2.05, 4.69) is 47.7 Å². The van der Waals surface area contributed by atoms with Crippen LogP contribution in [0.3, 0.4) is 0 Å². The van der Waals surface area contributed by atoms with Crippen LogP contribution in [0.1, 0.15) is 100.0 Å². The molecule has 0 aliphatic heterocycles. The number of anilines is 2. The molecule has 0 saturated heterocycles. The third-order valence-electron chi connectivity index (χ3n) is 8.83. The number of ether oxygens (including phenoxy) is 5. The molecule has 1 amide bonds. The number of nitrogens with zero attached hydrogens (tertiary/aromatic N) is 5. The van der Waals surface area contributed by atoms with Gasteiger partial charge in [-0.05, 0) is 80.1 Å². The normalized spacial score (nSPS) is 11.2. The van der Waals surface area contributed by atoms with Crippen LogP contribution in [-0.4, -0.2) is 101 Å². The molecular formula is C49H67F3N8O9. The highest BCUT2D eigenvalue weighted by Gasteiger charge is 2.22. The molecule has 69 heavy (non-hydrogen) atoms. The van der Waals surface area contributed by atoms with Crippen molar-refractivity contribution in [3.63, 3.8) is 0 Å². The van der Waals surface area contributed by atoms with Gasteiger partial charge in [-0.25, -0.2) is 28.5 Å². The van der Waals surface area contributed by atoms with E-state index in [4.69, 9.17) is 18.9 Å². The Balaban J connectivity index is 0.000000480. The van der Waals surface area contributed by atoms with Crippen molar-refractivity contribution in [1.82, 2.24) is 35.4 Å². The number of methoxy groups -OCH3 is 1. The molecular weight excluding hydrogens is 902 g/mol. The number of para-hydroxylation sites is 1.